The summed E-state index contributed by atoms with van der Waals surface area (Å²) in [6.45, 7) is 4.90. The third kappa shape index (κ3) is 4.11. The van der Waals surface area contributed by atoms with Crippen molar-refractivity contribution in [1.82, 2.24) is 5.32 Å². The monoisotopic (exact) mass is 353 g/mol. The SMILES string of the molecule is CCOC[C@H](C)NC(=O)c1ccc2c(c1)C[C@H](c1ccccc1)OC2=O. The zero-order chi connectivity index (χ0) is 18.5. The summed E-state index contributed by atoms with van der Waals surface area (Å²) >= 11 is 0. The summed E-state index contributed by atoms with van der Waals surface area (Å²) in [5.41, 5.74) is 2.84. The maximum Gasteiger partial charge on any atom is 0.339 e. The number of rotatable bonds is 6. The van der Waals surface area contributed by atoms with E-state index >= 15 is 0 Å². The van der Waals surface area contributed by atoms with Gasteiger partial charge in [-0.2, -0.15) is 0 Å². The van der Waals surface area contributed by atoms with Gasteiger partial charge in [0.05, 0.1) is 12.2 Å². The molecule has 0 saturated carbocycles. The molecule has 0 aromatic heterocycles. The van der Waals surface area contributed by atoms with Gasteiger partial charge in [-0.25, -0.2) is 4.79 Å². The summed E-state index contributed by atoms with van der Waals surface area (Å²) in [5, 5.41) is 2.91. The van der Waals surface area contributed by atoms with E-state index in [1.807, 2.05) is 44.2 Å². The molecule has 26 heavy (non-hydrogen) atoms. The van der Waals surface area contributed by atoms with Crippen LogP contribution in [0, 0.1) is 0 Å². The highest BCUT2D eigenvalue weighted by molar-refractivity contribution is 5.97. The molecular weight excluding hydrogens is 330 g/mol. The maximum absolute atomic E-state index is 12.5. The molecule has 0 radical (unpaired) electrons. The van der Waals surface area contributed by atoms with E-state index in [2.05, 4.69) is 5.32 Å². The molecule has 1 N–H and O–H groups in total. The van der Waals surface area contributed by atoms with E-state index in [1.54, 1.807) is 18.2 Å². The van der Waals surface area contributed by atoms with E-state index in [-0.39, 0.29) is 24.0 Å². The summed E-state index contributed by atoms with van der Waals surface area (Å²) in [7, 11) is 0. The Kier molecular flexibility index (Phi) is 5.68. The van der Waals surface area contributed by atoms with Crippen molar-refractivity contribution < 1.29 is 19.1 Å². The first-order valence-corrected chi connectivity index (χ1v) is 8.86. The third-order valence-electron chi connectivity index (χ3n) is 4.36. The number of amides is 1. The number of hydrogen-bond donors (Lipinski definition) is 1. The number of nitrogens with one attached hydrogen (secondary N) is 1. The molecule has 1 aliphatic rings. The fourth-order valence-electron chi connectivity index (χ4n) is 3.03. The number of fused-ring (bicyclic) bond motifs is 1. The molecule has 0 bridgehead atoms. The minimum absolute atomic E-state index is 0.0829. The molecule has 2 aromatic carbocycles. The quantitative estimate of drug-likeness (QED) is 0.810. The van der Waals surface area contributed by atoms with Gasteiger partial charge in [-0.1, -0.05) is 30.3 Å². The molecule has 2 aromatic rings. The van der Waals surface area contributed by atoms with Crippen LogP contribution in [0.1, 0.15) is 51.8 Å². The van der Waals surface area contributed by atoms with E-state index in [0.29, 0.717) is 30.8 Å². The minimum atomic E-state index is -0.350. The van der Waals surface area contributed by atoms with E-state index in [1.165, 1.54) is 0 Å². The number of benzene rings is 2. The van der Waals surface area contributed by atoms with Gasteiger partial charge >= 0.3 is 5.97 Å². The Morgan fingerprint density at radius 1 is 1.27 bits per heavy atom. The predicted octanol–water partition coefficient (Wildman–Crippen LogP) is 3.30. The zero-order valence-electron chi connectivity index (χ0n) is 15.0. The molecule has 1 amide bonds. The fraction of sp³-hybridized carbons (Fsp3) is 0.333. The van der Waals surface area contributed by atoms with Crippen LogP contribution >= 0.6 is 0 Å². The maximum atomic E-state index is 12.5. The van der Waals surface area contributed by atoms with Crippen molar-refractivity contribution in [3.05, 3.63) is 70.8 Å². The molecule has 0 saturated heterocycles. The molecule has 3 rings (SSSR count). The Labute approximate surface area is 153 Å². The Morgan fingerprint density at radius 3 is 2.77 bits per heavy atom. The topological polar surface area (TPSA) is 64.6 Å². The van der Waals surface area contributed by atoms with Crippen molar-refractivity contribution in [2.75, 3.05) is 13.2 Å². The number of esters is 1. The molecule has 1 aliphatic heterocycles. The van der Waals surface area contributed by atoms with Crippen LogP contribution in [0.15, 0.2) is 48.5 Å². The molecule has 0 fully saturated rings. The number of cyclic esters (lactones) is 1. The average Bonchev–Trinajstić information content (AvgIpc) is 2.66. The summed E-state index contributed by atoms with van der Waals surface area (Å²) in [5.74, 6) is -0.521. The van der Waals surface area contributed by atoms with Crippen molar-refractivity contribution in [3.63, 3.8) is 0 Å². The van der Waals surface area contributed by atoms with Gasteiger partial charge < -0.3 is 14.8 Å². The van der Waals surface area contributed by atoms with Crippen LogP contribution in [-0.2, 0) is 15.9 Å². The average molecular weight is 353 g/mol. The Bertz CT molecular complexity index is 788. The van der Waals surface area contributed by atoms with E-state index < -0.39 is 0 Å². The van der Waals surface area contributed by atoms with Crippen molar-refractivity contribution >= 4 is 11.9 Å². The molecule has 5 heteroatoms. The van der Waals surface area contributed by atoms with E-state index in [0.717, 1.165) is 11.1 Å². The molecule has 5 nitrogen and oxygen atoms in total. The predicted molar refractivity (Wildman–Crippen MR) is 98.2 cm³/mol. The molecule has 0 spiro atoms. The van der Waals surface area contributed by atoms with Gasteiger partial charge in [-0.05, 0) is 43.2 Å². The van der Waals surface area contributed by atoms with Gasteiger partial charge in [0.1, 0.15) is 6.10 Å². The van der Waals surface area contributed by atoms with Crippen LogP contribution in [0.4, 0.5) is 0 Å². The standard InChI is InChI=1S/C21H23NO4/c1-3-25-13-14(2)22-20(23)16-9-10-18-17(11-16)12-19(26-21(18)24)15-7-5-4-6-8-15/h4-11,14,19H,3,12-13H2,1-2H3,(H,22,23)/t14-,19+/m0/s1. The molecule has 0 unspecified atom stereocenters. The highest BCUT2D eigenvalue weighted by Crippen LogP contribution is 2.31. The molecule has 0 aliphatic carbocycles. The van der Waals surface area contributed by atoms with Gasteiger partial charge in [-0.15, -0.1) is 0 Å². The van der Waals surface area contributed by atoms with Crippen LogP contribution < -0.4 is 5.32 Å². The number of carbonyl (C=O) groups is 2. The Morgan fingerprint density at radius 2 is 2.04 bits per heavy atom. The normalized spacial score (nSPS) is 17.2. The number of ether oxygens (including phenoxy) is 2. The molecule has 136 valence electrons. The lowest BCUT2D eigenvalue weighted by Gasteiger charge is -2.25. The van der Waals surface area contributed by atoms with Crippen LogP contribution in [0.2, 0.25) is 0 Å². The smallest absolute Gasteiger partial charge is 0.339 e. The van der Waals surface area contributed by atoms with Gasteiger partial charge in [0.2, 0.25) is 0 Å². The fourth-order valence-corrected chi connectivity index (χ4v) is 3.03. The van der Waals surface area contributed by atoms with Gasteiger partial charge in [0, 0.05) is 24.6 Å². The van der Waals surface area contributed by atoms with Gasteiger partial charge in [-0.3, -0.25) is 4.79 Å². The lowest BCUT2D eigenvalue weighted by Crippen LogP contribution is -2.36. The first-order chi connectivity index (χ1) is 12.6. The second kappa shape index (κ2) is 8.15. The Hall–Kier alpha value is -2.66. The summed E-state index contributed by atoms with van der Waals surface area (Å²) in [4.78, 5) is 24.8. The van der Waals surface area contributed by atoms with Gasteiger partial charge in [0.15, 0.2) is 0 Å². The Balaban J connectivity index is 1.77. The van der Waals surface area contributed by atoms with Crippen LogP contribution in [0.3, 0.4) is 0 Å². The number of hydrogen-bond acceptors (Lipinski definition) is 4. The van der Waals surface area contributed by atoms with Crippen LogP contribution in [-0.4, -0.2) is 31.1 Å². The summed E-state index contributed by atoms with van der Waals surface area (Å²) in [6, 6.07) is 14.7. The van der Waals surface area contributed by atoms with Crippen molar-refractivity contribution in [2.24, 2.45) is 0 Å². The second-order valence-corrected chi connectivity index (χ2v) is 6.41. The van der Waals surface area contributed by atoms with E-state index in [4.69, 9.17) is 9.47 Å². The molecular formula is C21H23NO4. The largest absolute Gasteiger partial charge is 0.454 e. The first kappa shape index (κ1) is 18.1. The van der Waals surface area contributed by atoms with Crippen molar-refractivity contribution in [2.45, 2.75) is 32.4 Å². The lowest BCUT2D eigenvalue weighted by atomic mass is 9.93. The second-order valence-electron chi connectivity index (χ2n) is 6.41. The highest BCUT2D eigenvalue weighted by Gasteiger charge is 2.28. The van der Waals surface area contributed by atoms with Crippen molar-refractivity contribution in [1.29, 1.82) is 0 Å². The zero-order valence-corrected chi connectivity index (χ0v) is 15.0. The minimum Gasteiger partial charge on any atom is -0.454 e. The lowest BCUT2D eigenvalue weighted by molar-refractivity contribution is 0.0252. The highest BCUT2D eigenvalue weighted by atomic mass is 16.5. The summed E-state index contributed by atoms with van der Waals surface area (Å²) in [6.07, 6.45) is 0.229. The number of carbonyl (C=O) groups excluding carboxylic acids is 2. The van der Waals surface area contributed by atoms with E-state index in [9.17, 15) is 9.59 Å². The first-order valence-electron chi connectivity index (χ1n) is 8.86. The molecule has 1 heterocycles. The third-order valence-corrected chi connectivity index (χ3v) is 4.36. The van der Waals surface area contributed by atoms with Crippen LogP contribution in [0.5, 0.6) is 0 Å². The summed E-state index contributed by atoms with van der Waals surface area (Å²) < 4.78 is 10.9. The van der Waals surface area contributed by atoms with Gasteiger partial charge in [0.25, 0.3) is 5.91 Å². The van der Waals surface area contributed by atoms with Crippen molar-refractivity contribution in [3.8, 4) is 0 Å². The van der Waals surface area contributed by atoms with Crippen LogP contribution in [0.25, 0.3) is 0 Å². The molecule has 2 atom stereocenters.